The van der Waals surface area contributed by atoms with Crippen LogP contribution in [0.1, 0.15) is 78.1 Å². The van der Waals surface area contributed by atoms with Gasteiger partial charge in [-0.2, -0.15) is 0 Å². The standard InChI is InChI=1S/C19H32N2O4/c1-13(18(24)7-3-4-8-18)21(14(2)19(25)9-5-6-10-19)16(23)17(11-12-17)15(20)22/h13-14,24-25H,3-12H2,1-2H3,(H2,20,22)/t13-,14-/m1/s1. The van der Waals surface area contributed by atoms with Crippen molar-refractivity contribution in [1.82, 2.24) is 4.90 Å². The van der Waals surface area contributed by atoms with Crippen LogP contribution in [0.2, 0.25) is 0 Å². The molecule has 2 amide bonds. The molecule has 3 aliphatic rings. The molecule has 2 atom stereocenters. The zero-order valence-corrected chi connectivity index (χ0v) is 15.5. The number of carbonyl (C=O) groups is 2. The molecule has 3 saturated carbocycles. The summed E-state index contributed by atoms with van der Waals surface area (Å²) < 4.78 is 0. The van der Waals surface area contributed by atoms with Crippen molar-refractivity contribution in [2.24, 2.45) is 11.1 Å². The molecule has 25 heavy (non-hydrogen) atoms. The lowest BCUT2D eigenvalue weighted by molar-refractivity contribution is -0.161. The first-order chi connectivity index (χ1) is 11.7. The summed E-state index contributed by atoms with van der Waals surface area (Å²) in [4.78, 5) is 26.9. The maximum Gasteiger partial charge on any atom is 0.238 e. The molecule has 0 aromatic heterocycles. The predicted octanol–water partition coefficient (Wildman–Crippen LogP) is 1.47. The van der Waals surface area contributed by atoms with E-state index < -0.39 is 34.6 Å². The van der Waals surface area contributed by atoms with E-state index in [0.29, 0.717) is 38.5 Å². The molecule has 0 saturated heterocycles. The van der Waals surface area contributed by atoms with Gasteiger partial charge in [0.25, 0.3) is 0 Å². The van der Waals surface area contributed by atoms with E-state index in [0.717, 1.165) is 25.7 Å². The molecule has 3 fully saturated rings. The van der Waals surface area contributed by atoms with Crippen LogP contribution in [0.4, 0.5) is 0 Å². The highest BCUT2D eigenvalue weighted by Crippen LogP contribution is 2.50. The molecule has 0 unspecified atom stereocenters. The minimum atomic E-state index is -1.13. The maximum atomic E-state index is 13.4. The van der Waals surface area contributed by atoms with E-state index in [1.807, 2.05) is 13.8 Å². The van der Waals surface area contributed by atoms with Gasteiger partial charge >= 0.3 is 0 Å². The van der Waals surface area contributed by atoms with E-state index in [9.17, 15) is 19.8 Å². The molecule has 3 aliphatic carbocycles. The summed E-state index contributed by atoms with van der Waals surface area (Å²) >= 11 is 0. The highest BCUT2D eigenvalue weighted by Gasteiger charge is 2.60. The van der Waals surface area contributed by atoms with E-state index >= 15 is 0 Å². The van der Waals surface area contributed by atoms with E-state index in [-0.39, 0.29) is 5.91 Å². The summed E-state index contributed by atoms with van der Waals surface area (Å²) in [6.45, 7) is 3.71. The van der Waals surface area contributed by atoms with Gasteiger partial charge in [-0.25, -0.2) is 0 Å². The Morgan fingerprint density at radius 3 is 1.48 bits per heavy atom. The quantitative estimate of drug-likeness (QED) is 0.630. The number of aliphatic hydroxyl groups is 2. The van der Waals surface area contributed by atoms with Crippen molar-refractivity contribution in [1.29, 1.82) is 0 Å². The third-order valence-electron chi connectivity index (χ3n) is 7.19. The van der Waals surface area contributed by atoms with Crippen molar-refractivity contribution >= 4 is 11.8 Å². The molecule has 0 aromatic rings. The van der Waals surface area contributed by atoms with Gasteiger partial charge in [0.1, 0.15) is 5.41 Å². The number of nitrogens with zero attached hydrogens (tertiary/aromatic N) is 1. The fourth-order valence-electron chi connectivity index (χ4n) is 4.95. The molecule has 0 aromatic carbocycles. The van der Waals surface area contributed by atoms with Crippen LogP contribution in [0.3, 0.4) is 0 Å². The van der Waals surface area contributed by atoms with Crippen LogP contribution >= 0.6 is 0 Å². The van der Waals surface area contributed by atoms with E-state index in [1.165, 1.54) is 0 Å². The summed E-state index contributed by atoms with van der Waals surface area (Å²) in [5.41, 5.74) is 2.50. The third-order valence-corrected chi connectivity index (χ3v) is 7.19. The number of amides is 2. The Bertz CT molecular complexity index is 518. The highest BCUT2D eigenvalue weighted by molar-refractivity contribution is 6.07. The normalized spacial score (nSPS) is 28.3. The molecular formula is C19H32N2O4. The molecular weight excluding hydrogens is 320 g/mol. The average Bonchev–Trinajstić information content (AvgIpc) is 3.08. The van der Waals surface area contributed by atoms with Crippen LogP contribution < -0.4 is 5.73 Å². The number of carbonyl (C=O) groups excluding carboxylic acids is 2. The molecule has 3 rings (SSSR count). The van der Waals surface area contributed by atoms with Crippen LogP contribution in [0.25, 0.3) is 0 Å². The van der Waals surface area contributed by atoms with Crippen molar-refractivity contribution in [3.63, 3.8) is 0 Å². The van der Waals surface area contributed by atoms with Gasteiger partial charge in [-0.1, -0.05) is 25.7 Å². The Labute approximate surface area is 149 Å². The molecule has 0 radical (unpaired) electrons. The topological polar surface area (TPSA) is 104 Å². The van der Waals surface area contributed by atoms with Crippen LogP contribution in [0.15, 0.2) is 0 Å². The van der Waals surface area contributed by atoms with Gasteiger partial charge in [-0.05, 0) is 52.4 Å². The molecule has 6 heteroatoms. The minimum Gasteiger partial charge on any atom is -0.388 e. The number of primary amides is 1. The SMILES string of the molecule is C[C@@H](N(C(=O)C1(C(N)=O)CC1)[C@H](C)C1(O)CCCC1)C1(O)CCCC1. The molecule has 0 aliphatic heterocycles. The van der Waals surface area contributed by atoms with Gasteiger partial charge in [0.05, 0.1) is 23.3 Å². The second-order valence-corrected chi connectivity index (χ2v) is 8.63. The predicted molar refractivity (Wildman–Crippen MR) is 93.5 cm³/mol. The van der Waals surface area contributed by atoms with E-state index in [4.69, 9.17) is 5.73 Å². The molecule has 6 nitrogen and oxygen atoms in total. The van der Waals surface area contributed by atoms with Crippen molar-refractivity contribution in [3.8, 4) is 0 Å². The smallest absolute Gasteiger partial charge is 0.238 e. The summed E-state index contributed by atoms with van der Waals surface area (Å²) in [5, 5.41) is 22.2. The Morgan fingerprint density at radius 1 is 0.840 bits per heavy atom. The van der Waals surface area contributed by atoms with Gasteiger partial charge in [0, 0.05) is 0 Å². The van der Waals surface area contributed by atoms with Gasteiger partial charge in [-0.15, -0.1) is 0 Å². The fraction of sp³-hybridized carbons (Fsp3) is 0.895. The second-order valence-electron chi connectivity index (χ2n) is 8.63. The van der Waals surface area contributed by atoms with Gasteiger partial charge < -0.3 is 20.8 Å². The zero-order chi connectivity index (χ0) is 18.5. The molecule has 0 heterocycles. The Morgan fingerprint density at radius 2 is 1.20 bits per heavy atom. The summed E-state index contributed by atoms with van der Waals surface area (Å²) in [7, 11) is 0. The van der Waals surface area contributed by atoms with Crippen molar-refractivity contribution in [3.05, 3.63) is 0 Å². The van der Waals surface area contributed by atoms with Crippen molar-refractivity contribution in [2.45, 2.75) is 101 Å². The van der Waals surface area contributed by atoms with Crippen LogP contribution in [-0.4, -0.2) is 50.2 Å². The van der Waals surface area contributed by atoms with Crippen LogP contribution in [0.5, 0.6) is 0 Å². The summed E-state index contributed by atoms with van der Waals surface area (Å²) in [6.07, 6.45) is 7.25. The molecule has 4 N–H and O–H groups in total. The van der Waals surface area contributed by atoms with Crippen LogP contribution in [-0.2, 0) is 9.59 Å². The minimum absolute atomic E-state index is 0.305. The lowest BCUT2D eigenvalue weighted by atomic mass is 9.85. The Hall–Kier alpha value is -1.14. The molecule has 142 valence electrons. The average molecular weight is 352 g/mol. The number of hydrogen-bond donors (Lipinski definition) is 3. The summed E-state index contributed by atoms with van der Waals surface area (Å²) in [6, 6.07) is -0.891. The first-order valence-corrected chi connectivity index (χ1v) is 9.74. The monoisotopic (exact) mass is 352 g/mol. The molecule has 0 bridgehead atoms. The number of nitrogens with two attached hydrogens (primary N) is 1. The van der Waals surface area contributed by atoms with Gasteiger partial charge in [0.15, 0.2) is 0 Å². The lowest BCUT2D eigenvalue weighted by Gasteiger charge is -2.47. The van der Waals surface area contributed by atoms with Crippen molar-refractivity contribution in [2.75, 3.05) is 0 Å². The van der Waals surface area contributed by atoms with E-state index in [2.05, 4.69) is 0 Å². The lowest BCUT2D eigenvalue weighted by Crippen LogP contribution is -2.63. The first kappa shape index (κ1) is 18.6. The molecule has 0 spiro atoms. The third kappa shape index (κ3) is 2.97. The zero-order valence-electron chi connectivity index (χ0n) is 15.5. The van der Waals surface area contributed by atoms with Gasteiger partial charge in [-0.3, -0.25) is 9.59 Å². The summed E-state index contributed by atoms with van der Waals surface area (Å²) in [5.74, 6) is -0.889. The Kier molecular flexibility index (Phi) is 4.65. The maximum absolute atomic E-state index is 13.4. The van der Waals surface area contributed by atoms with E-state index in [1.54, 1.807) is 4.90 Å². The van der Waals surface area contributed by atoms with Crippen LogP contribution in [0, 0.1) is 5.41 Å². The Balaban J connectivity index is 1.93. The largest absolute Gasteiger partial charge is 0.388 e. The first-order valence-electron chi connectivity index (χ1n) is 9.74. The van der Waals surface area contributed by atoms with Crippen molar-refractivity contribution < 1.29 is 19.8 Å². The fourth-order valence-corrected chi connectivity index (χ4v) is 4.95. The second kappa shape index (κ2) is 6.23. The van der Waals surface area contributed by atoms with Gasteiger partial charge in [0.2, 0.25) is 11.8 Å². The number of hydrogen-bond acceptors (Lipinski definition) is 4. The number of rotatable bonds is 6. The highest BCUT2D eigenvalue weighted by atomic mass is 16.3.